The summed E-state index contributed by atoms with van der Waals surface area (Å²) in [6.45, 7) is 3.99. The van der Waals surface area contributed by atoms with Crippen LogP contribution in [0.2, 0.25) is 0 Å². The minimum Gasteiger partial charge on any atom is -0.447 e. The molecule has 2 atom stereocenters. The molecule has 5 heteroatoms. The van der Waals surface area contributed by atoms with E-state index in [1.165, 1.54) is 0 Å². The van der Waals surface area contributed by atoms with Gasteiger partial charge >= 0.3 is 6.09 Å². The van der Waals surface area contributed by atoms with Crippen molar-refractivity contribution in [3.05, 3.63) is 24.3 Å². The van der Waals surface area contributed by atoms with E-state index in [0.29, 0.717) is 19.3 Å². The lowest BCUT2D eigenvalue weighted by Crippen LogP contribution is -2.23. The quantitative estimate of drug-likeness (QED) is 0.918. The van der Waals surface area contributed by atoms with E-state index in [9.17, 15) is 4.79 Å². The van der Waals surface area contributed by atoms with Crippen LogP contribution in [0.4, 0.5) is 16.2 Å². The van der Waals surface area contributed by atoms with E-state index in [-0.39, 0.29) is 12.2 Å². The van der Waals surface area contributed by atoms with Gasteiger partial charge < -0.3 is 14.8 Å². The molecule has 0 aliphatic carbocycles. The second-order valence-corrected chi connectivity index (χ2v) is 5.34. The lowest BCUT2D eigenvalue weighted by atomic mass is 10.2. The lowest BCUT2D eigenvalue weighted by Gasteiger charge is -2.16. The summed E-state index contributed by atoms with van der Waals surface area (Å²) in [5.41, 5.74) is 1.88. The fourth-order valence-electron chi connectivity index (χ4n) is 2.68. The highest BCUT2D eigenvalue weighted by molar-refractivity contribution is 5.89. The third kappa shape index (κ3) is 2.88. The average Bonchev–Trinajstić information content (AvgIpc) is 3.05. The van der Waals surface area contributed by atoms with Crippen LogP contribution in [0, 0.1) is 0 Å². The maximum Gasteiger partial charge on any atom is 0.414 e. The van der Waals surface area contributed by atoms with E-state index >= 15 is 0 Å². The van der Waals surface area contributed by atoms with Gasteiger partial charge in [-0.15, -0.1) is 0 Å². The van der Waals surface area contributed by atoms with Gasteiger partial charge in [0.25, 0.3) is 0 Å². The molecule has 2 fully saturated rings. The molecule has 5 nitrogen and oxygen atoms in total. The van der Waals surface area contributed by atoms with Gasteiger partial charge in [0.1, 0.15) is 6.61 Å². The number of carbonyl (C=O) groups is 1. The number of nitrogens with one attached hydrogen (secondary N) is 1. The van der Waals surface area contributed by atoms with Crippen LogP contribution in [0.15, 0.2) is 24.3 Å². The number of nitrogens with zero attached hydrogens (tertiary/aromatic N) is 1. The number of rotatable bonds is 4. The zero-order chi connectivity index (χ0) is 13.9. The first-order valence-electron chi connectivity index (χ1n) is 7.16. The van der Waals surface area contributed by atoms with Crippen LogP contribution in [0.25, 0.3) is 0 Å². The summed E-state index contributed by atoms with van der Waals surface area (Å²) < 4.78 is 10.7. The highest BCUT2D eigenvalue weighted by atomic mass is 16.6. The smallest absolute Gasteiger partial charge is 0.414 e. The Balaban J connectivity index is 1.61. The Labute approximate surface area is 118 Å². The summed E-state index contributed by atoms with van der Waals surface area (Å²) in [5.74, 6) is 0. The maximum absolute atomic E-state index is 11.6. The molecule has 0 aromatic heterocycles. The zero-order valence-corrected chi connectivity index (χ0v) is 11.7. The Bertz CT molecular complexity index is 492. The molecular weight excluding hydrogens is 256 g/mol. The molecule has 1 aromatic carbocycles. The van der Waals surface area contributed by atoms with Gasteiger partial charge in [-0.05, 0) is 38.0 Å². The van der Waals surface area contributed by atoms with Crippen molar-refractivity contribution in [2.75, 3.05) is 29.9 Å². The standard InChI is InChI=1S/C15H20N2O3/c1-11-5-6-14(20-11)10-16-12-3-2-4-13(9-12)17-7-8-19-15(17)18/h2-4,9,11,14,16H,5-8,10H2,1H3. The van der Waals surface area contributed by atoms with Gasteiger partial charge in [0.05, 0.1) is 18.8 Å². The van der Waals surface area contributed by atoms with Crippen molar-refractivity contribution in [2.24, 2.45) is 0 Å². The zero-order valence-electron chi connectivity index (χ0n) is 11.7. The summed E-state index contributed by atoms with van der Waals surface area (Å²) in [7, 11) is 0. The normalized spacial score (nSPS) is 25.9. The molecule has 0 spiro atoms. The molecule has 3 rings (SSSR count). The van der Waals surface area contributed by atoms with Crippen molar-refractivity contribution >= 4 is 17.5 Å². The fourth-order valence-corrected chi connectivity index (χ4v) is 2.68. The van der Waals surface area contributed by atoms with Gasteiger partial charge in [0.2, 0.25) is 0 Å². The molecule has 108 valence electrons. The topological polar surface area (TPSA) is 50.8 Å². The average molecular weight is 276 g/mol. The van der Waals surface area contributed by atoms with Gasteiger partial charge in [-0.2, -0.15) is 0 Å². The van der Waals surface area contributed by atoms with Crippen molar-refractivity contribution in [1.82, 2.24) is 0 Å². The van der Waals surface area contributed by atoms with E-state index < -0.39 is 0 Å². The molecule has 0 saturated carbocycles. The molecule has 2 saturated heterocycles. The SMILES string of the molecule is CC1CCC(CNc2cccc(N3CCOC3=O)c2)O1. The van der Waals surface area contributed by atoms with E-state index in [0.717, 1.165) is 30.8 Å². The Kier molecular flexibility index (Phi) is 3.78. The van der Waals surface area contributed by atoms with Gasteiger partial charge in [0.15, 0.2) is 0 Å². The van der Waals surface area contributed by atoms with Crippen LogP contribution in [-0.4, -0.2) is 38.0 Å². The second kappa shape index (κ2) is 5.71. The summed E-state index contributed by atoms with van der Waals surface area (Å²) in [4.78, 5) is 13.2. The van der Waals surface area contributed by atoms with Crippen LogP contribution in [0.3, 0.4) is 0 Å². The van der Waals surface area contributed by atoms with Crippen molar-refractivity contribution in [3.63, 3.8) is 0 Å². The first-order valence-corrected chi connectivity index (χ1v) is 7.16. The number of hydrogen-bond donors (Lipinski definition) is 1. The first kappa shape index (κ1) is 13.2. The summed E-state index contributed by atoms with van der Waals surface area (Å²) in [5, 5.41) is 3.38. The Morgan fingerprint density at radius 3 is 3.00 bits per heavy atom. The van der Waals surface area contributed by atoms with E-state index in [2.05, 4.69) is 12.2 Å². The number of amides is 1. The molecule has 2 heterocycles. The molecule has 1 aromatic rings. The van der Waals surface area contributed by atoms with Gasteiger partial charge in [0, 0.05) is 17.9 Å². The monoisotopic (exact) mass is 276 g/mol. The van der Waals surface area contributed by atoms with Gasteiger partial charge in [-0.1, -0.05) is 6.07 Å². The number of benzene rings is 1. The molecular formula is C15H20N2O3. The number of ether oxygens (including phenoxy) is 2. The van der Waals surface area contributed by atoms with Crippen LogP contribution in [0.5, 0.6) is 0 Å². The number of cyclic esters (lactones) is 1. The van der Waals surface area contributed by atoms with E-state index in [1.807, 2.05) is 24.3 Å². The molecule has 1 N–H and O–H groups in total. The highest BCUT2D eigenvalue weighted by Gasteiger charge is 2.24. The largest absolute Gasteiger partial charge is 0.447 e. The van der Waals surface area contributed by atoms with Gasteiger partial charge in [-0.25, -0.2) is 4.79 Å². The number of hydrogen-bond acceptors (Lipinski definition) is 4. The van der Waals surface area contributed by atoms with Crippen molar-refractivity contribution in [3.8, 4) is 0 Å². The minimum absolute atomic E-state index is 0.268. The number of carbonyl (C=O) groups excluding carboxylic acids is 1. The maximum atomic E-state index is 11.6. The molecule has 2 unspecified atom stereocenters. The lowest BCUT2D eigenvalue weighted by molar-refractivity contribution is 0.0637. The van der Waals surface area contributed by atoms with Crippen molar-refractivity contribution in [1.29, 1.82) is 0 Å². The third-order valence-corrected chi connectivity index (χ3v) is 3.77. The van der Waals surface area contributed by atoms with Crippen LogP contribution >= 0.6 is 0 Å². The van der Waals surface area contributed by atoms with Gasteiger partial charge in [-0.3, -0.25) is 4.90 Å². The number of anilines is 2. The second-order valence-electron chi connectivity index (χ2n) is 5.34. The van der Waals surface area contributed by atoms with E-state index in [1.54, 1.807) is 4.90 Å². The predicted octanol–water partition coefficient (Wildman–Crippen LogP) is 2.62. The summed E-state index contributed by atoms with van der Waals surface area (Å²) in [6, 6.07) is 7.85. The Hall–Kier alpha value is -1.75. The molecule has 0 bridgehead atoms. The third-order valence-electron chi connectivity index (χ3n) is 3.77. The molecule has 2 aliphatic rings. The van der Waals surface area contributed by atoms with Crippen LogP contribution in [-0.2, 0) is 9.47 Å². The van der Waals surface area contributed by atoms with Crippen molar-refractivity contribution in [2.45, 2.75) is 32.0 Å². The molecule has 20 heavy (non-hydrogen) atoms. The Morgan fingerprint density at radius 2 is 2.30 bits per heavy atom. The molecule has 0 radical (unpaired) electrons. The predicted molar refractivity (Wildman–Crippen MR) is 77.2 cm³/mol. The van der Waals surface area contributed by atoms with Crippen LogP contribution in [0.1, 0.15) is 19.8 Å². The summed E-state index contributed by atoms with van der Waals surface area (Å²) >= 11 is 0. The minimum atomic E-state index is -0.268. The first-order chi connectivity index (χ1) is 9.72. The highest BCUT2D eigenvalue weighted by Crippen LogP contribution is 2.24. The van der Waals surface area contributed by atoms with Crippen molar-refractivity contribution < 1.29 is 14.3 Å². The van der Waals surface area contributed by atoms with E-state index in [4.69, 9.17) is 9.47 Å². The molecule has 2 aliphatic heterocycles. The molecule has 1 amide bonds. The summed E-state index contributed by atoms with van der Waals surface area (Å²) in [6.07, 6.45) is 2.62. The fraction of sp³-hybridized carbons (Fsp3) is 0.533. The van der Waals surface area contributed by atoms with Crippen LogP contribution < -0.4 is 10.2 Å². The Morgan fingerprint density at radius 1 is 1.40 bits per heavy atom.